The topological polar surface area (TPSA) is 45.6 Å². The lowest BCUT2D eigenvalue weighted by Gasteiger charge is -2.37. The average molecular weight is 317 g/mol. The van der Waals surface area contributed by atoms with E-state index in [2.05, 4.69) is 9.88 Å². The van der Waals surface area contributed by atoms with Gasteiger partial charge in [0.05, 0.1) is 22.8 Å². The van der Waals surface area contributed by atoms with E-state index >= 15 is 0 Å². The number of rotatable bonds is 2. The van der Waals surface area contributed by atoms with Crippen LogP contribution < -0.4 is 4.90 Å². The fourth-order valence-corrected chi connectivity index (χ4v) is 3.72. The fourth-order valence-electron chi connectivity index (χ4n) is 3.24. The predicted octanol–water partition coefficient (Wildman–Crippen LogP) is 2.75. The third-order valence-corrected chi connectivity index (χ3v) is 4.70. The van der Waals surface area contributed by atoms with Crippen LogP contribution in [0.15, 0.2) is 12.3 Å². The summed E-state index contributed by atoms with van der Waals surface area (Å²) >= 11 is 12.2. The summed E-state index contributed by atoms with van der Waals surface area (Å²) < 4.78 is 5.54. The number of aromatic nitrogens is 1. The van der Waals surface area contributed by atoms with Crippen molar-refractivity contribution in [1.82, 2.24) is 4.98 Å². The molecule has 2 aliphatic heterocycles. The van der Waals surface area contributed by atoms with Crippen LogP contribution in [0, 0.1) is 5.92 Å². The zero-order chi connectivity index (χ0) is 14.1. The van der Waals surface area contributed by atoms with Crippen molar-refractivity contribution >= 4 is 29.0 Å². The lowest BCUT2D eigenvalue weighted by Crippen LogP contribution is -2.46. The smallest absolute Gasteiger partial charge is 0.147 e. The van der Waals surface area contributed by atoms with Crippen molar-refractivity contribution in [1.29, 1.82) is 0 Å². The quantitative estimate of drug-likeness (QED) is 0.911. The number of ether oxygens (including phenoxy) is 1. The number of pyridine rings is 1. The van der Waals surface area contributed by atoms with Crippen LogP contribution >= 0.6 is 23.2 Å². The Kier molecular flexibility index (Phi) is 4.36. The molecule has 3 atom stereocenters. The van der Waals surface area contributed by atoms with Crippen LogP contribution in [0.5, 0.6) is 0 Å². The molecule has 3 rings (SSSR count). The average Bonchev–Trinajstić information content (AvgIpc) is 2.88. The predicted molar refractivity (Wildman–Crippen MR) is 79.6 cm³/mol. The second-order valence-electron chi connectivity index (χ2n) is 5.46. The van der Waals surface area contributed by atoms with E-state index in [0.717, 1.165) is 25.2 Å². The zero-order valence-corrected chi connectivity index (χ0v) is 12.6. The lowest BCUT2D eigenvalue weighted by atomic mass is 9.89. The first kappa shape index (κ1) is 14.4. The van der Waals surface area contributed by atoms with Gasteiger partial charge in [0, 0.05) is 31.3 Å². The van der Waals surface area contributed by atoms with E-state index in [1.165, 1.54) is 0 Å². The van der Waals surface area contributed by atoms with E-state index in [1.807, 2.05) is 0 Å². The van der Waals surface area contributed by atoms with Gasteiger partial charge < -0.3 is 14.7 Å². The molecule has 6 heteroatoms. The summed E-state index contributed by atoms with van der Waals surface area (Å²) in [4.78, 5) is 6.57. The fraction of sp³-hybridized carbons (Fsp3) is 0.643. The monoisotopic (exact) mass is 316 g/mol. The van der Waals surface area contributed by atoms with Gasteiger partial charge in [0.1, 0.15) is 5.82 Å². The van der Waals surface area contributed by atoms with Crippen LogP contribution in [-0.2, 0) is 4.74 Å². The maximum absolute atomic E-state index is 10.2. The molecular weight excluding hydrogens is 299 g/mol. The molecule has 3 heterocycles. The van der Waals surface area contributed by atoms with Crippen molar-refractivity contribution in [3.63, 3.8) is 0 Å². The van der Waals surface area contributed by atoms with Gasteiger partial charge in [-0.15, -0.1) is 0 Å². The molecule has 2 saturated heterocycles. The van der Waals surface area contributed by atoms with Gasteiger partial charge in [-0.2, -0.15) is 0 Å². The Balaban J connectivity index is 1.84. The van der Waals surface area contributed by atoms with Crippen LogP contribution in [0.3, 0.4) is 0 Å². The SMILES string of the molecule is OC1CCOCC1C1CCCN1c1ncc(Cl)cc1Cl. The highest BCUT2D eigenvalue weighted by Gasteiger charge is 2.38. The van der Waals surface area contributed by atoms with Crippen molar-refractivity contribution in [3.05, 3.63) is 22.3 Å². The third kappa shape index (κ3) is 2.75. The van der Waals surface area contributed by atoms with Crippen molar-refractivity contribution < 1.29 is 9.84 Å². The van der Waals surface area contributed by atoms with Gasteiger partial charge in [0.25, 0.3) is 0 Å². The Morgan fingerprint density at radius 2 is 2.20 bits per heavy atom. The Morgan fingerprint density at radius 3 is 2.95 bits per heavy atom. The highest BCUT2D eigenvalue weighted by atomic mass is 35.5. The minimum atomic E-state index is -0.305. The first-order chi connectivity index (χ1) is 9.66. The van der Waals surface area contributed by atoms with Gasteiger partial charge in [0.15, 0.2) is 0 Å². The first-order valence-corrected chi connectivity index (χ1v) is 7.76. The van der Waals surface area contributed by atoms with Gasteiger partial charge in [-0.3, -0.25) is 0 Å². The summed E-state index contributed by atoms with van der Waals surface area (Å²) in [6, 6.07) is 1.95. The standard InChI is InChI=1S/C14H18Cl2N2O2/c15-9-6-11(16)14(17-7-9)18-4-1-2-12(18)10-8-20-5-3-13(10)19/h6-7,10,12-13,19H,1-5,8H2. The number of nitrogens with zero attached hydrogens (tertiary/aromatic N) is 2. The summed E-state index contributed by atoms with van der Waals surface area (Å²) in [6.45, 7) is 2.15. The molecule has 0 amide bonds. The van der Waals surface area contributed by atoms with Crippen molar-refractivity contribution in [3.8, 4) is 0 Å². The molecule has 2 aliphatic rings. The van der Waals surface area contributed by atoms with Crippen LogP contribution in [0.2, 0.25) is 10.0 Å². The van der Waals surface area contributed by atoms with Gasteiger partial charge >= 0.3 is 0 Å². The van der Waals surface area contributed by atoms with Gasteiger partial charge in [-0.25, -0.2) is 4.98 Å². The highest BCUT2D eigenvalue weighted by Crippen LogP contribution is 2.36. The molecule has 0 spiro atoms. The number of hydrogen-bond acceptors (Lipinski definition) is 4. The molecule has 0 bridgehead atoms. The third-order valence-electron chi connectivity index (χ3n) is 4.22. The second kappa shape index (κ2) is 6.06. The van der Waals surface area contributed by atoms with E-state index < -0.39 is 0 Å². The molecule has 1 aromatic rings. The maximum Gasteiger partial charge on any atom is 0.147 e. The van der Waals surface area contributed by atoms with Gasteiger partial charge in [-0.05, 0) is 25.3 Å². The molecule has 20 heavy (non-hydrogen) atoms. The molecule has 4 nitrogen and oxygen atoms in total. The van der Waals surface area contributed by atoms with Crippen molar-refractivity contribution in [2.24, 2.45) is 5.92 Å². The molecule has 0 aromatic carbocycles. The van der Waals surface area contributed by atoms with Gasteiger partial charge in [-0.1, -0.05) is 23.2 Å². The normalized spacial score (nSPS) is 30.8. The van der Waals surface area contributed by atoms with E-state index in [0.29, 0.717) is 29.7 Å². The Morgan fingerprint density at radius 1 is 1.35 bits per heavy atom. The van der Waals surface area contributed by atoms with E-state index in [-0.39, 0.29) is 18.1 Å². The van der Waals surface area contributed by atoms with Crippen LogP contribution in [-0.4, -0.2) is 42.0 Å². The molecule has 0 saturated carbocycles. The molecule has 110 valence electrons. The molecule has 1 aromatic heterocycles. The summed E-state index contributed by atoms with van der Waals surface area (Å²) in [5.41, 5.74) is 0. The number of halogens is 2. The first-order valence-electron chi connectivity index (χ1n) is 7.00. The second-order valence-corrected chi connectivity index (χ2v) is 6.30. The molecule has 0 radical (unpaired) electrons. The molecular formula is C14H18Cl2N2O2. The Hall–Kier alpha value is -0.550. The summed E-state index contributed by atoms with van der Waals surface area (Å²) in [5.74, 6) is 0.885. The molecule has 1 N–H and O–H groups in total. The maximum atomic E-state index is 10.2. The number of aliphatic hydroxyl groups is 1. The van der Waals surface area contributed by atoms with Crippen LogP contribution in [0.4, 0.5) is 5.82 Å². The molecule has 2 fully saturated rings. The largest absolute Gasteiger partial charge is 0.393 e. The lowest BCUT2D eigenvalue weighted by molar-refractivity contribution is -0.0438. The van der Waals surface area contributed by atoms with Crippen molar-refractivity contribution in [2.45, 2.75) is 31.4 Å². The van der Waals surface area contributed by atoms with Crippen LogP contribution in [0.1, 0.15) is 19.3 Å². The highest BCUT2D eigenvalue weighted by molar-refractivity contribution is 6.36. The van der Waals surface area contributed by atoms with Crippen molar-refractivity contribution in [2.75, 3.05) is 24.7 Å². The number of hydrogen-bond donors (Lipinski definition) is 1. The minimum Gasteiger partial charge on any atom is -0.393 e. The van der Waals surface area contributed by atoms with Gasteiger partial charge in [0.2, 0.25) is 0 Å². The van der Waals surface area contributed by atoms with E-state index in [1.54, 1.807) is 12.3 Å². The Bertz CT molecular complexity index is 486. The minimum absolute atomic E-state index is 0.125. The van der Waals surface area contributed by atoms with Crippen LogP contribution in [0.25, 0.3) is 0 Å². The summed E-state index contributed by atoms with van der Waals surface area (Å²) in [6.07, 6.45) is 4.13. The number of anilines is 1. The molecule has 3 unspecified atom stereocenters. The van der Waals surface area contributed by atoms with E-state index in [4.69, 9.17) is 27.9 Å². The zero-order valence-electron chi connectivity index (χ0n) is 11.1. The Labute approximate surface area is 128 Å². The van der Waals surface area contributed by atoms with E-state index in [9.17, 15) is 5.11 Å². The number of aliphatic hydroxyl groups excluding tert-OH is 1. The summed E-state index contributed by atoms with van der Waals surface area (Å²) in [5, 5.41) is 11.3. The molecule has 0 aliphatic carbocycles. The summed E-state index contributed by atoms with van der Waals surface area (Å²) in [7, 11) is 0.